The number of sulfonamides is 1. The highest BCUT2D eigenvalue weighted by atomic mass is 35.5. The average molecular weight is 496 g/mol. The SMILES string of the molecule is Cc1cccnc1-c1cn(-c2ccc(NC(=O)Cc3ccccc3Cl)cc2S(N)(=O)=O)nc1C. The second kappa shape index (κ2) is 9.38. The zero-order chi connectivity index (χ0) is 24.5. The molecule has 0 radical (unpaired) electrons. The van der Waals surface area contributed by atoms with E-state index in [1.165, 1.54) is 10.7 Å². The number of aromatic nitrogens is 3. The van der Waals surface area contributed by atoms with Crippen molar-refractivity contribution >= 4 is 33.2 Å². The van der Waals surface area contributed by atoms with Gasteiger partial charge >= 0.3 is 0 Å². The number of amides is 1. The summed E-state index contributed by atoms with van der Waals surface area (Å²) in [6.07, 6.45) is 3.44. The van der Waals surface area contributed by atoms with Crippen molar-refractivity contribution in [2.45, 2.75) is 25.2 Å². The van der Waals surface area contributed by atoms with E-state index in [-0.39, 0.29) is 28.6 Å². The molecule has 1 amide bonds. The molecule has 2 aromatic heterocycles. The number of rotatable bonds is 6. The van der Waals surface area contributed by atoms with Crippen LogP contribution in [0.3, 0.4) is 0 Å². The zero-order valence-corrected chi connectivity index (χ0v) is 20.1. The van der Waals surface area contributed by atoms with Crippen molar-refractivity contribution in [1.82, 2.24) is 14.8 Å². The molecule has 4 aromatic rings. The summed E-state index contributed by atoms with van der Waals surface area (Å²) < 4.78 is 26.3. The Labute approximate surface area is 202 Å². The van der Waals surface area contributed by atoms with Gasteiger partial charge in [0, 0.05) is 28.7 Å². The molecule has 0 atom stereocenters. The van der Waals surface area contributed by atoms with Crippen LogP contribution in [0.5, 0.6) is 0 Å². The molecule has 3 N–H and O–H groups in total. The number of hydrogen-bond acceptors (Lipinski definition) is 5. The molecule has 0 fully saturated rings. The molecule has 2 heterocycles. The number of pyridine rings is 1. The molecule has 0 unspecified atom stereocenters. The van der Waals surface area contributed by atoms with Crippen LogP contribution in [-0.2, 0) is 21.2 Å². The number of nitrogens with two attached hydrogens (primary N) is 1. The van der Waals surface area contributed by atoms with Crippen LogP contribution in [0.2, 0.25) is 5.02 Å². The lowest BCUT2D eigenvalue weighted by Gasteiger charge is -2.12. The van der Waals surface area contributed by atoms with Crippen molar-refractivity contribution in [1.29, 1.82) is 0 Å². The first-order chi connectivity index (χ1) is 16.1. The molecule has 0 saturated heterocycles. The number of nitrogens with zero attached hydrogens (tertiary/aromatic N) is 3. The Morgan fingerprint density at radius 3 is 2.59 bits per heavy atom. The van der Waals surface area contributed by atoms with E-state index in [2.05, 4.69) is 15.4 Å². The lowest BCUT2D eigenvalue weighted by molar-refractivity contribution is -0.115. The number of carbonyl (C=O) groups is 1. The van der Waals surface area contributed by atoms with E-state index in [0.717, 1.165) is 16.8 Å². The van der Waals surface area contributed by atoms with Crippen molar-refractivity contribution in [3.05, 3.63) is 88.8 Å². The lowest BCUT2D eigenvalue weighted by Crippen LogP contribution is -2.18. The highest BCUT2D eigenvalue weighted by Crippen LogP contribution is 2.28. The molecule has 0 saturated carbocycles. The molecule has 8 nitrogen and oxygen atoms in total. The summed E-state index contributed by atoms with van der Waals surface area (Å²) in [6, 6.07) is 15.3. The van der Waals surface area contributed by atoms with Crippen molar-refractivity contribution in [3.63, 3.8) is 0 Å². The Bertz CT molecular complexity index is 1500. The van der Waals surface area contributed by atoms with Crippen LogP contribution in [0.1, 0.15) is 16.8 Å². The minimum atomic E-state index is -4.13. The molecule has 174 valence electrons. The standard InChI is InChI=1S/C24H22ClN5O3S/c1-15-6-5-11-27-24(15)19-14-30(29-16(19)2)21-10-9-18(13-22(21)34(26,32)33)28-23(31)12-17-7-3-4-8-20(17)25/h3-11,13-14H,12H2,1-2H3,(H,28,31)(H2,26,32,33). The van der Waals surface area contributed by atoms with Gasteiger partial charge in [-0.2, -0.15) is 5.10 Å². The van der Waals surface area contributed by atoms with Crippen LogP contribution in [0.25, 0.3) is 16.9 Å². The maximum Gasteiger partial charge on any atom is 0.240 e. The molecule has 4 rings (SSSR count). The van der Waals surface area contributed by atoms with Gasteiger partial charge in [0.2, 0.25) is 15.9 Å². The van der Waals surface area contributed by atoms with Crippen molar-refractivity contribution in [2.24, 2.45) is 5.14 Å². The molecule has 0 bridgehead atoms. The number of aryl methyl sites for hydroxylation is 2. The summed E-state index contributed by atoms with van der Waals surface area (Å²) >= 11 is 6.12. The minimum absolute atomic E-state index is 0.0390. The molecule has 34 heavy (non-hydrogen) atoms. The monoisotopic (exact) mass is 495 g/mol. The predicted octanol–water partition coefficient (Wildman–Crippen LogP) is 4.03. The van der Waals surface area contributed by atoms with Gasteiger partial charge in [0.1, 0.15) is 4.90 Å². The molecular weight excluding hydrogens is 474 g/mol. The van der Waals surface area contributed by atoms with Gasteiger partial charge < -0.3 is 5.32 Å². The summed E-state index contributed by atoms with van der Waals surface area (Å²) in [5.74, 6) is -0.343. The van der Waals surface area contributed by atoms with E-state index in [0.29, 0.717) is 16.3 Å². The first-order valence-corrected chi connectivity index (χ1v) is 12.2. The highest BCUT2D eigenvalue weighted by Gasteiger charge is 2.20. The lowest BCUT2D eigenvalue weighted by atomic mass is 10.1. The number of halogens is 1. The van der Waals surface area contributed by atoms with Gasteiger partial charge in [-0.25, -0.2) is 18.2 Å². The Hall–Kier alpha value is -3.53. The Morgan fingerprint density at radius 2 is 1.88 bits per heavy atom. The topological polar surface area (TPSA) is 120 Å². The van der Waals surface area contributed by atoms with Crippen LogP contribution in [0.15, 0.2) is 71.9 Å². The fraction of sp³-hybridized carbons (Fsp3) is 0.125. The van der Waals surface area contributed by atoms with E-state index >= 15 is 0 Å². The minimum Gasteiger partial charge on any atom is -0.326 e. The predicted molar refractivity (Wildman–Crippen MR) is 131 cm³/mol. The summed E-state index contributed by atoms with van der Waals surface area (Å²) in [5.41, 5.74) is 4.38. The maximum absolute atomic E-state index is 12.5. The van der Waals surface area contributed by atoms with Gasteiger partial charge in [0.05, 0.1) is 23.5 Å². The number of benzene rings is 2. The van der Waals surface area contributed by atoms with Crippen molar-refractivity contribution in [2.75, 3.05) is 5.32 Å². The van der Waals surface area contributed by atoms with Gasteiger partial charge in [0.25, 0.3) is 0 Å². The van der Waals surface area contributed by atoms with E-state index < -0.39 is 10.0 Å². The van der Waals surface area contributed by atoms with Crippen LogP contribution in [0, 0.1) is 13.8 Å². The Balaban J connectivity index is 1.68. The molecular formula is C24H22ClN5O3S. The molecule has 0 spiro atoms. The summed E-state index contributed by atoms with van der Waals surface area (Å²) in [6.45, 7) is 3.76. The van der Waals surface area contributed by atoms with Crippen molar-refractivity contribution < 1.29 is 13.2 Å². The summed E-state index contributed by atoms with van der Waals surface area (Å²) in [5, 5.41) is 13.2. The molecule has 0 aliphatic heterocycles. The third-order valence-corrected chi connectivity index (χ3v) is 6.58. The second-order valence-electron chi connectivity index (χ2n) is 7.79. The normalized spacial score (nSPS) is 11.4. The Kier molecular flexibility index (Phi) is 6.52. The van der Waals surface area contributed by atoms with Gasteiger partial charge in [-0.05, 0) is 55.3 Å². The van der Waals surface area contributed by atoms with E-state index in [4.69, 9.17) is 16.7 Å². The molecule has 2 aromatic carbocycles. The Morgan fingerprint density at radius 1 is 1.12 bits per heavy atom. The van der Waals surface area contributed by atoms with Crippen LogP contribution < -0.4 is 10.5 Å². The van der Waals surface area contributed by atoms with Gasteiger partial charge in [-0.3, -0.25) is 9.78 Å². The number of anilines is 1. The number of primary sulfonamides is 1. The molecule has 0 aliphatic carbocycles. The quantitative estimate of drug-likeness (QED) is 0.418. The first-order valence-electron chi connectivity index (χ1n) is 10.3. The highest BCUT2D eigenvalue weighted by molar-refractivity contribution is 7.89. The third kappa shape index (κ3) is 5.01. The van der Waals surface area contributed by atoms with Crippen molar-refractivity contribution in [3.8, 4) is 16.9 Å². The summed E-state index contributed by atoms with van der Waals surface area (Å²) in [4.78, 5) is 16.8. The van der Waals surface area contributed by atoms with Crippen LogP contribution >= 0.6 is 11.6 Å². The van der Waals surface area contributed by atoms with E-state index in [9.17, 15) is 13.2 Å². The number of hydrogen-bond donors (Lipinski definition) is 2. The molecule has 10 heteroatoms. The van der Waals surface area contributed by atoms with E-state index in [1.807, 2.05) is 26.0 Å². The zero-order valence-electron chi connectivity index (χ0n) is 18.5. The third-order valence-electron chi connectivity index (χ3n) is 5.27. The summed E-state index contributed by atoms with van der Waals surface area (Å²) in [7, 11) is -4.13. The van der Waals surface area contributed by atoms with Gasteiger partial charge in [-0.15, -0.1) is 0 Å². The number of nitrogens with one attached hydrogen (secondary N) is 1. The largest absolute Gasteiger partial charge is 0.326 e. The van der Waals surface area contributed by atoms with Gasteiger partial charge in [0.15, 0.2) is 0 Å². The fourth-order valence-electron chi connectivity index (χ4n) is 3.61. The second-order valence-corrected chi connectivity index (χ2v) is 9.72. The van der Waals surface area contributed by atoms with Crippen LogP contribution in [0.4, 0.5) is 5.69 Å². The smallest absolute Gasteiger partial charge is 0.240 e. The number of carbonyl (C=O) groups excluding carboxylic acids is 1. The fourth-order valence-corrected chi connectivity index (χ4v) is 4.56. The van der Waals surface area contributed by atoms with Gasteiger partial charge in [-0.1, -0.05) is 35.9 Å². The van der Waals surface area contributed by atoms with E-state index in [1.54, 1.807) is 48.8 Å². The average Bonchev–Trinajstić information content (AvgIpc) is 3.16. The first kappa shape index (κ1) is 23.6. The van der Waals surface area contributed by atoms with Crippen LogP contribution in [-0.4, -0.2) is 29.1 Å². The maximum atomic E-state index is 12.5. The molecule has 0 aliphatic rings.